The Morgan fingerprint density at radius 2 is 1.50 bits per heavy atom. The van der Waals surface area contributed by atoms with Crippen LogP contribution in [-0.4, -0.2) is 67.4 Å². The van der Waals surface area contributed by atoms with E-state index in [0.29, 0.717) is 32.0 Å². The molecule has 0 aliphatic rings. The van der Waals surface area contributed by atoms with E-state index in [-0.39, 0.29) is 5.56 Å². The quantitative estimate of drug-likeness (QED) is 0.156. The predicted molar refractivity (Wildman–Crippen MR) is 152 cm³/mol. The molecule has 1 N–H and O–H groups in total. The maximum Gasteiger partial charge on any atom is 0.372 e. The van der Waals surface area contributed by atoms with Gasteiger partial charge in [0.2, 0.25) is 0 Å². The molecule has 4 heterocycles. The second-order valence-electron chi connectivity index (χ2n) is 7.21. The van der Waals surface area contributed by atoms with Gasteiger partial charge in [-0.15, -0.1) is 32.2 Å². The maximum atomic E-state index is 11.1. The lowest BCUT2D eigenvalue weighted by molar-refractivity contribution is -0.182. The number of nitrogens with zero attached hydrogens (tertiary/aromatic N) is 8. The van der Waals surface area contributed by atoms with Gasteiger partial charge < -0.3 is 0 Å². The highest BCUT2D eigenvalue weighted by atomic mass is 35.5. The van der Waals surface area contributed by atoms with Crippen LogP contribution in [0, 0.1) is 0 Å². The zero-order valence-electron chi connectivity index (χ0n) is 20.6. The van der Waals surface area contributed by atoms with Crippen LogP contribution in [0.4, 0.5) is 0 Å². The number of benzene rings is 1. The zero-order valence-corrected chi connectivity index (χ0v) is 24.5. The Kier molecular flexibility index (Phi) is 12.0. The zero-order chi connectivity index (χ0) is 29.1. The van der Waals surface area contributed by atoms with Crippen molar-refractivity contribution in [2.45, 2.75) is 10.1 Å². The molecule has 5 rings (SSSR count). The highest BCUT2D eigenvalue weighted by Crippen LogP contribution is 2.14. The minimum absolute atomic E-state index is 0.222. The van der Waals surface area contributed by atoms with E-state index >= 15 is 0 Å². The molecule has 0 saturated heterocycles. The van der Waals surface area contributed by atoms with Crippen LogP contribution < -0.4 is 0 Å². The molecule has 40 heavy (non-hydrogen) atoms. The van der Waals surface area contributed by atoms with Gasteiger partial charge in [0.15, 0.2) is 21.9 Å². The summed E-state index contributed by atoms with van der Waals surface area (Å²) in [6, 6.07) is 12.9. The summed E-state index contributed by atoms with van der Waals surface area (Å²) in [6.45, 7) is 0. The standard InChI is InChI=1S/C8H7ClN4OS.C8H7ClN4S.C7H5ClO3/c1-15(14)8-4-13(5-10-8)7-3-2-6(9)11-12-7;1-14-8-4-13(5-10-8)7-3-2-6(9)11-12-7;8-6-3-1-2-5(4-6)7(9)11-10/h2-5H,1H3;2-5H,1H3;1-4,10H. The second kappa shape index (κ2) is 15.4. The van der Waals surface area contributed by atoms with E-state index in [1.807, 2.05) is 12.5 Å². The molecule has 0 saturated carbocycles. The number of carbonyl (C=O) groups is 1. The average molecular weight is 642 g/mol. The van der Waals surface area contributed by atoms with E-state index in [1.165, 1.54) is 18.5 Å². The van der Waals surface area contributed by atoms with E-state index in [9.17, 15) is 9.00 Å². The smallest absolute Gasteiger partial charge is 0.296 e. The Balaban J connectivity index is 0.000000168. The van der Waals surface area contributed by atoms with Gasteiger partial charge in [-0.05, 0) is 48.7 Å². The molecule has 208 valence electrons. The van der Waals surface area contributed by atoms with Crippen LogP contribution in [0.5, 0.6) is 0 Å². The summed E-state index contributed by atoms with van der Waals surface area (Å²) in [5.41, 5.74) is 0.222. The molecule has 1 atom stereocenters. The minimum atomic E-state index is -1.09. The van der Waals surface area contributed by atoms with Gasteiger partial charge in [-0.2, -0.15) is 5.26 Å². The molecule has 0 fully saturated rings. The van der Waals surface area contributed by atoms with Gasteiger partial charge in [0, 0.05) is 23.7 Å². The molecule has 1 unspecified atom stereocenters. The van der Waals surface area contributed by atoms with E-state index in [2.05, 4.69) is 35.3 Å². The van der Waals surface area contributed by atoms with Crippen molar-refractivity contribution in [3.8, 4) is 11.6 Å². The number of halogens is 3. The van der Waals surface area contributed by atoms with Gasteiger partial charge in [0.25, 0.3) is 0 Å². The predicted octanol–water partition coefficient (Wildman–Crippen LogP) is 5.06. The fourth-order valence-corrected chi connectivity index (χ4v) is 3.90. The Bertz CT molecular complexity index is 1570. The second-order valence-corrected chi connectivity index (χ2v) is 10.6. The van der Waals surface area contributed by atoms with Crippen LogP contribution >= 0.6 is 46.6 Å². The first-order valence-corrected chi connectivity index (χ1v) is 14.7. The lowest BCUT2D eigenvalue weighted by Crippen LogP contribution is -2.00. The number of thioether (sulfide) groups is 1. The summed E-state index contributed by atoms with van der Waals surface area (Å²) in [5, 5.41) is 25.8. The van der Waals surface area contributed by atoms with E-state index < -0.39 is 16.8 Å². The molecule has 12 nitrogen and oxygen atoms in total. The van der Waals surface area contributed by atoms with Crippen LogP contribution in [0.1, 0.15) is 10.4 Å². The summed E-state index contributed by atoms with van der Waals surface area (Å²) >= 11 is 18.4. The van der Waals surface area contributed by atoms with Crippen molar-refractivity contribution in [1.29, 1.82) is 0 Å². The van der Waals surface area contributed by atoms with Crippen LogP contribution in [0.3, 0.4) is 0 Å². The number of carbonyl (C=O) groups excluding carboxylic acids is 1. The first-order chi connectivity index (χ1) is 19.2. The highest BCUT2D eigenvalue weighted by molar-refractivity contribution is 7.98. The third kappa shape index (κ3) is 9.36. The topological polar surface area (TPSA) is 151 Å². The Labute approximate surface area is 249 Å². The lowest BCUT2D eigenvalue weighted by Gasteiger charge is -1.97. The first-order valence-electron chi connectivity index (χ1n) is 10.8. The fourth-order valence-electron chi connectivity index (χ4n) is 2.68. The first kappa shape index (κ1) is 31.1. The van der Waals surface area contributed by atoms with Gasteiger partial charge >= 0.3 is 5.97 Å². The summed E-state index contributed by atoms with van der Waals surface area (Å²) in [6.07, 6.45) is 10.3. The largest absolute Gasteiger partial charge is 0.372 e. The Hall–Kier alpha value is -3.40. The van der Waals surface area contributed by atoms with Crippen molar-refractivity contribution in [3.05, 3.63) is 94.5 Å². The fraction of sp³-hybridized carbons (Fsp3) is 0.0870. The summed E-state index contributed by atoms with van der Waals surface area (Å²) < 4.78 is 14.6. The monoisotopic (exact) mass is 640 g/mol. The third-order valence-corrected chi connectivity index (χ3v) is 6.60. The van der Waals surface area contributed by atoms with E-state index in [4.69, 9.17) is 40.1 Å². The van der Waals surface area contributed by atoms with Crippen molar-refractivity contribution in [3.63, 3.8) is 0 Å². The third-order valence-electron chi connectivity index (χ3n) is 4.53. The van der Waals surface area contributed by atoms with E-state index in [0.717, 1.165) is 5.03 Å². The van der Waals surface area contributed by atoms with Crippen molar-refractivity contribution in [2.24, 2.45) is 0 Å². The van der Waals surface area contributed by atoms with Crippen LogP contribution in [-0.2, 0) is 15.7 Å². The van der Waals surface area contributed by atoms with Gasteiger partial charge in [0.05, 0.1) is 16.4 Å². The normalized spacial score (nSPS) is 10.9. The molecular formula is C23H19Cl3N8O4S2. The minimum Gasteiger partial charge on any atom is -0.296 e. The summed E-state index contributed by atoms with van der Waals surface area (Å²) in [7, 11) is -1.09. The molecule has 0 radical (unpaired) electrons. The number of hydrogen-bond acceptors (Lipinski definition) is 11. The highest BCUT2D eigenvalue weighted by Gasteiger charge is 2.06. The van der Waals surface area contributed by atoms with Crippen molar-refractivity contribution in [2.75, 3.05) is 12.5 Å². The molecule has 17 heteroatoms. The van der Waals surface area contributed by atoms with Crippen LogP contribution in [0.2, 0.25) is 15.3 Å². The Morgan fingerprint density at radius 3 is 1.95 bits per heavy atom. The molecule has 0 amide bonds. The van der Waals surface area contributed by atoms with Crippen molar-refractivity contribution < 1.29 is 19.1 Å². The van der Waals surface area contributed by atoms with Gasteiger partial charge in [-0.25, -0.2) is 14.8 Å². The molecule has 4 aromatic heterocycles. The number of imidazole rings is 2. The summed E-state index contributed by atoms with van der Waals surface area (Å²) in [5.74, 6) is 0.485. The molecule has 0 aliphatic carbocycles. The molecule has 5 aromatic rings. The molecule has 0 spiro atoms. The van der Waals surface area contributed by atoms with Gasteiger partial charge in [-0.3, -0.25) is 18.2 Å². The number of hydrogen-bond donors (Lipinski definition) is 1. The number of aromatic nitrogens is 8. The molecular weight excluding hydrogens is 623 g/mol. The number of rotatable bonds is 5. The van der Waals surface area contributed by atoms with Crippen molar-refractivity contribution >= 4 is 63.3 Å². The van der Waals surface area contributed by atoms with Crippen LogP contribution in [0.15, 0.2) is 83.6 Å². The lowest BCUT2D eigenvalue weighted by atomic mass is 10.2. The summed E-state index contributed by atoms with van der Waals surface area (Å²) in [4.78, 5) is 22.3. The van der Waals surface area contributed by atoms with Crippen LogP contribution in [0.25, 0.3) is 11.6 Å². The van der Waals surface area contributed by atoms with Gasteiger partial charge in [-0.1, -0.05) is 40.9 Å². The SMILES string of the molecule is CS(=O)c1cn(-c2ccc(Cl)nn2)cn1.CSc1cn(-c2ccc(Cl)nn2)cn1.O=C(OO)c1cccc(Cl)c1. The maximum absolute atomic E-state index is 11.1. The average Bonchev–Trinajstić information content (AvgIpc) is 3.65. The molecule has 0 bridgehead atoms. The molecule has 0 aliphatic heterocycles. The molecule has 1 aromatic carbocycles. The van der Waals surface area contributed by atoms with Crippen molar-refractivity contribution in [1.82, 2.24) is 39.5 Å². The van der Waals surface area contributed by atoms with E-state index in [1.54, 1.807) is 76.1 Å². The Morgan fingerprint density at radius 1 is 0.900 bits per heavy atom. The van der Waals surface area contributed by atoms with Gasteiger partial charge in [0.1, 0.15) is 22.7 Å².